The van der Waals surface area contributed by atoms with E-state index in [1.54, 1.807) is 4.90 Å². The van der Waals surface area contributed by atoms with E-state index >= 15 is 0 Å². The fourth-order valence-corrected chi connectivity index (χ4v) is 3.28. The first-order chi connectivity index (χ1) is 8.60. The van der Waals surface area contributed by atoms with Crippen molar-refractivity contribution < 1.29 is 14.7 Å². The topological polar surface area (TPSA) is 69.6 Å². The normalized spacial score (nSPS) is 31.8. The standard InChI is InChI=1S/C13H22N2O3/c1-2-6-13(7-4-8-14-13)12(18)15-9-3-5-10(15)11(16)17/h10,14H,2-9H2,1H3,(H,16,17). The van der Waals surface area contributed by atoms with Gasteiger partial charge in [-0.1, -0.05) is 13.3 Å². The smallest absolute Gasteiger partial charge is 0.326 e. The third-order valence-corrected chi connectivity index (χ3v) is 4.13. The van der Waals surface area contributed by atoms with E-state index < -0.39 is 17.6 Å². The van der Waals surface area contributed by atoms with Crippen LogP contribution in [0.1, 0.15) is 45.4 Å². The molecule has 2 atom stereocenters. The van der Waals surface area contributed by atoms with Crippen molar-refractivity contribution in [1.82, 2.24) is 10.2 Å². The molecule has 2 aliphatic heterocycles. The molecule has 0 aromatic rings. The van der Waals surface area contributed by atoms with Gasteiger partial charge in [0, 0.05) is 6.54 Å². The summed E-state index contributed by atoms with van der Waals surface area (Å²) in [5.74, 6) is -0.864. The molecule has 0 bridgehead atoms. The molecule has 2 rings (SSSR count). The minimum absolute atomic E-state index is 0.00625. The summed E-state index contributed by atoms with van der Waals surface area (Å²) in [6.45, 7) is 3.51. The van der Waals surface area contributed by atoms with Crippen LogP contribution in [0.3, 0.4) is 0 Å². The van der Waals surface area contributed by atoms with Gasteiger partial charge < -0.3 is 15.3 Å². The molecule has 2 saturated heterocycles. The number of amides is 1. The van der Waals surface area contributed by atoms with Crippen LogP contribution in [0.15, 0.2) is 0 Å². The Morgan fingerprint density at radius 2 is 2.22 bits per heavy atom. The average molecular weight is 254 g/mol. The summed E-state index contributed by atoms with van der Waals surface area (Å²) >= 11 is 0. The predicted molar refractivity (Wildman–Crippen MR) is 67.2 cm³/mol. The SMILES string of the molecule is CCCC1(C(=O)N2CCCC2C(=O)O)CCCN1. The van der Waals surface area contributed by atoms with Crippen LogP contribution in [0.4, 0.5) is 0 Å². The number of carboxylic acid groups (broad SMARTS) is 1. The van der Waals surface area contributed by atoms with Crippen molar-refractivity contribution in [2.24, 2.45) is 0 Å². The molecule has 18 heavy (non-hydrogen) atoms. The maximum absolute atomic E-state index is 12.7. The Hall–Kier alpha value is -1.10. The molecule has 2 unspecified atom stereocenters. The minimum atomic E-state index is -0.870. The molecule has 5 heteroatoms. The van der Waals surface area contributed by atoms with Crippen LogP contribution in [-0.2, 0) is 9.59 Å². The van der Waals surface area contributed by atoms with Gasteiger partial charge in [-0.05, 0) is 38.6 Å². The van der Waals surface area contributed by atoms with E-state index in [0.29, 0.717) is 13.0 Å². The van der Waals surface area contributed by atoms with Gasteiger partial charge in [0.2, 0.25) is 5.91 Å². The molecule has 0 aromatic carbocycles. The monoisotopic (exact) mass is 254 g/mol. The van der Waals surface area contributed by atoms with Crippen LogP contribution in [0.25, 0.3) is 0 Å². The Labute approximate surface area is 108 Å². The highest BCUT2D eigenvalue weighted by atomic mass is 16.4. The zero-order valence-corrected chi connectivity index (χ0v) is 10.9. The lowest BCUT2D eigenvalue weighted by atomic mass is 9.90. The molecule has 1 amide bonds. The number of rotatable bonds is 4. The van der Waals surface area contributed by atoms with Crippen molar-refractivity contribution in [2.45, 2.75) is 57.0 Å². The number of carboxylic acids is 1. The average Bonchev–Trinajstić information content (AvgIpc) is 2.97. The van der Waals surface area contributed by atoms with Gasteiger partial charge >= 0.3 is 5.97 Å². The molecule has 0 radical (unpaired) electrons. The Bertz CT molecular complexity index is 337. The molecule has 0 saturated carbocycles. The van der Waals surface area contributed by atoms with Crippen LogP contribution in [-0.4, -0.2) is 46.6 Å². The number of nitrogens with zero attached hydrogens (tertiary/aromatic N) is 1. The van der Waals surface area contributed by atoms with E-state index in [1.807, 2.05) is 0 Å². The Balaban J connectivity index is 2.15. The number of hydrogen-bond donors (Lipinski definition) is 2. The summed E-state index contributed by atoms with van der Waals surface area (Å²) in [5.41, 5.74) is -0.493. The minimum Gasteiger partial charge on any atom is -0.480 e. The predicted octanol–water partition coefficient (Wildman–Crippen LogP) is 0.984. The Morgan fingerprint density at radius 1 is 1.44 bits per heavy atom. The van der Waals surface area contributed by atoms with Crippen molar-refractivity contribution in [3.05, 3.63) is 0 Å². The van der Waals surface area contributed by atoms with E-state index in [1.165, 1.54) is 0 Å². The Kier molecular flexibility index (Phi) is 3.90. The summed E-state index contributed by atoms with van der Waals surface area (Å²) in [7, 11) is 0. The number of nitrogens with one attached hydrogen (secondary N) is 1. The van der Waals surface area contributed by atoms with Gasteiger partial charge in [-0.3, -0.25) is 4.79 Å². The molecule has 2 aliphatic rings. The molecule has 0 spiro atoms. The highest BCUT2D eigenvalue weighted by Gasteiger charge is 2.46. The van der Waals surface area contributed by atoms with Crippen molar-refractivity contribution in [3.63, 3.8) is 0 Å². The highest BCUT2D eigenvalue weighted by molar-refractivity contribution is 5.91. The number of likely N-dealkylation sites (tertiary alicyclic amines) is 1. The van der Waals surface area contributed by atoms with Gasteiger partial charge in [0.1, 0.15) is 6.04 Å². The third kappa shape index (κ3) is 2.23. The first-order valence-corrected chi connectivity index (χ1v) is 6.89. The first-order valence-electron chi connectivity index (χ1n) is 6.89. The van der Waals surface area contributed by atoms with Crippen LogP contribution in [0.5, 0.6) is 0 Å². The molecule has 102 valence electrons. The quantitative estimate of drug-likeness (QED) is 0.785. The third-order valence-electron chi connectivity index (χ3n) is 4.13. The van der Waals surface area contributed by atoms with Crippen LogP contribution in [0, 0.1) is 0 Å². The fourth-order valence-electron chi connectivity index (χ4n) is 3.28. The Morgan fingerprint density at radius 3 is 2.78 bits per heavy atom. The lowest BCUT2D eigenvalue weighted by molar-refractivity contribution is -0.151. The summed E-state index contributed by atoms with van der Waals surface area (Å²) < 4.78 is 0. The second-order valence-electron chi connectivity index (χ2n) is 5.36. The number of carbonyl (C=O) groups is 2. The molecule has 2 N–H and O–H groups in total. The summed E-state index contributed by atoms with van der Waals surface area (Å²) in [5, 5.41) is 12.5. The van der Waals surface area contributed by atoms with Gasteiger partial charge in [0.05, 0.1) is 5.54 Å². The second-order valence-corrected chi connectivity index (χ2v) is 5.36. The van der Waals surface area contributed by atoms with Gasteiger partial charge in [-0.2, -0.15) is 0 Å². The summed E-state index contributed by atoms with van der Waals surface area (Å²) in [6.07, 6.45) is 4.95. The number of carbonyl (C=O) groups excluding carboxylic acids is 1. The summed E-state index contributed by atoms with van der Waals surface area (Å²) in [6, 6.07) is -0.617. The fraction of sp³-hybridized carbons (Fsp3) is 0.846. The van der Waals surface area contributed by atoms with E-state index in [-0.39, 0.29) is 5.91 Å². The van der Waals surface area contributed by atoms with E-state index in [4.69, 9.17) is 0 Å². The first kappa shape index (κ1) is 13.3. The maximum atomic E-state index is 12.7. The molecule has 5 nitrogen and oxygen atoms in total. The van der Waals surface area contributed by atoms with Gasteiger partial charge in [0.15, 0.2) is 0 Å². The van der Waals surface area contributed by atoms with Gasteiger partial charge in [-0.25, -0.2) is 4.79 Å². The van der Waals surface area contributed by atoms with Crippen molar-refractivity contribution in [3.8, 4) is 0 Å². The van der Waals surface area contributed by atoms with Crippen molar-refractivity contribution >= 4 is 11.9 Å². The number of hydrogen-bond acceptors (Lipinski definition) is 3. The second kappa shape index (κ2) is 5.26. The van der Waals surface area contributed by atoms with Crippen LogP contribution in [0.2, 0.25) is 0 Å². The van der Waals surface area contributed by atoms with E-state index in [2.05, 4.69) is 12.2 Å². The highest BCUT2D eigenvalue weighted by Crippen LogP contribution is 2.30. The molecule has 2 heterocycles. The van der Waals surface area contributed by atoms with Gasteiger partial charge in [-0.15, -0.1) is 0 Å². The zero-order valence-electron chi connectivity index (χ0n) is 10.9. The summed E-state index contributed by atoms with van der Waals surface area (Å²) in [4.78, 5) is 25.4. The zero-order chi connectivity index (χ0) is 13.2. The maximum Gasteiger partial charge on any atom is 0.326 e. The molecular formula is C13H22N2O3. The molecular weight excluding hydrogens is 232 g/mol. The number of aliphatic carboxylic acids is 1. The van der Waals surface area contributed by atoms with E-state index in [0.717, 1.165) is 38.6 Å². The largest absolute Gasteiger partial charge is 0.480 e. The molecule has 2 fully saturated rings. The lowest BCUT2D eigenvalue weighted by Gasteiger charge is -2.34. The lowest BCUT2D eigenvalue weighted by Crippen LogP contribution is -2.57. The van der Waals surface area contributed by atoms with Crippen LogP contribution < -0.4 is 5.32 Å². The van der Waals surface area contributed by atoms with Gasteiger partial charge in [0.25, 0.3) is 0 Å². The van der Waals surface area contributed by atoms with E-state index in [9.17, 15) is 14.7 Å². The van der Waals surface area contributed by atoms with Crippen molar-refractivity contribution in [1.29, 1.82) is 0 Å². The molecule has 0 aromatic heterocycles. The van der Waals surface area contributed by atoms with Crippen molar-refractivity contribution in [2.75, 3.05) is 13.1 Å². The van der Waals surface area contributed by atoms with Crippen LogP contribution >= 0.6 is 0 Å². The molecule has 0 aliphatic carbocycles.